The van der Waals surface area contributed by atoms with Gasteiger partial charge >= 0.3 is 6.03 Å². The van der Waals surface area contributed by atoms with Gasteiger partial charge in [0.2, 0.25) is 0 Å². The smallest absolute Gasteiger partial charge is 0.318 e. The Morgan fingerprint density at radius 3 is 2.57 bits per heavy atom. The molecule has 1 aliphatic heterocycles. The monoisotopic (exact) mass is 411 g/mol. The molecule has 4 rings (SSSR count). The summed E-state index contributed by atoms with van der Waals surface area (Å²) in [6.45, 7) is 1.43. The summed E-state index contributed by atoms with van der Waals surface area (Å²) in [4.78, 5) is 26.8. The largest absolute Gasteiger partial charge is 0.368 e. The molecule has 1 aliphatic carbocycles. The fraction of sp³-hybridized carbons (Fsp3) is 0.391. The van der Waals surface area contributed by atoms with E-state index in [0.717, 1.165) is 36.8 Å². The van der Waals surface area contributed by atoms with E-state index in [4.69, 9.17) is 4.74 Å². The molecular formula is C23H26FN3O3. The zero-order valence-electron chi connectivity index (χ0n) is 16.8. The van der Waals surface area contributed by atoms with E-state index in [1.807, 2.05) is 24.3 Å². The minimum Gasteiger partial charge on any atom is -0.368 e. The Morgan fingerprint density at radius 2 is 1.87 bits per heavy atom. The molecule has 0 bridgehead atoms. The highest BCUT2D eigenvalue weighted by Gasteiger charge is 2.32. The average molecular weight is 411 g/mol. The summed E-state index contributed by atoms with van der Waals surface area (Å²) in [6, 6.07) is 13.8. The van der Waals surface area contributed by atoms with Crippen molar-refractivity contribution in [3.63, 3.8) is 0 Å². The molecule has 1 unspecified atom stereocenters. The number of amides is 3. The molecule has 158 valence electrons. The molecule has 0 radical (unpaired) electrons. The number of nitrogens with zero attached hydrogens (tertiary/aromatic N) is 1. The summed E-state index contributed by atoms with van der Waals surface area (Å²) >= 11 is 0. The minimum absolute atomic E-state index is 0.132. The van der Waals surface area contributed by atoms with Gasteiger partial charge in [0, 0.05) is 31.4 Å². The van der Waals surface area contributed by atoms with E-state index < -0.39 is 0 Å². The van der Waals surface area contributed by atoms with Crippen molar-refractivity contribution in [3.05, 3.63) is 65.5 Å². The van der Waals surface area contributed by atoms with Gasteiger partial charge in [-0.3, -0.25) is 4.79 Å². The van der Waals surface area contributed by atoms with Crippen LogP contribution in [0.4, 0.5) is 14.9 Å². The predicted molar refractivity (Wildman–Crippen MR) is 111 cm³/mol. The van der Waals surface area contributed by atoms with Crippen molar-refractivity contribution >= 4 is 17.6 Å². The molecule has 2 fully saturated rings. The molecule has 2 aromatic rings. The predicted octanol–water partition coefficient (Wildman–Crippen LogP) is 3.82. The molecule has 1 saturated carbocycles. The van der Waals surface area contributed by atoms with Crippen molar-refractivity contribution < 1.29 is 18.7 Å². The molecule has 0 aromatic heterocycles. The Morgan fingerprint density at radius 1 is 1.07 bits per heavy atom. The third kappa shape index (κ3) is 5.36. The summed E-state index contributed by atoms with van der Waals surface area (Å²) in [5.41, 5.74) is 2.48. The van der Waals surface area contributed by atoms with Gasteiger partial charge in [-0.2, -0.15) is 0 Å². The van der Waals surface area contributed by atoms with Gasteiger partial charge in [-0.15, -0.1) is 0 Å². The fourth-order valence-electron chi connectivity index (χ4n) is 3.58. The zero-order valence-corrected chi connectivity index (χ0v) is 16.8. The summed E-state index contributed by atoms with van der Waals surface area (Å²) in [7, 11) is 0. The van der Waals surface area contributed by atoms with Gasteiger partial charge in [0.1, 0.15) is 11.9 Å². The first-order chi connectivity index (χ1) is 14.6. The van der Waals surface area contributed by atoms with Crippen LogP contribution in [0, 0.1) is 5.82 Å². The van der Waals surface area contributed by atoms with Crippen molar-refractivity contribution in [2.24, 2.45) is 0 Å². The molecule has 2 aliphatic rings. The number of rotatable bonds is 7. The molecule has 30 heavy (non-hydrogen) atoms. The molecule has 3 amide bonds. The third-order valence-electron chi connectivity index (χ3n) is 5.38. The number of carbonyl (C=O) groups is 2. The van der Waals surface area contributed by atoms with Gasteiger partial charge in [0.05, 0.1) is 0 Å². The van der Waals surface area contributed by atoms with Crippen LogP contribution in [0.5, 0.6) is 0 Å². The minimum atomic E-state index is -0.382. The highest BCUT2D eigenvalue weighted by Crippen LogP contribution is 2.28. The van der Waals surface area contributed by atoms with Crippen LogP contribution >= 0.6 is 0 Å². The molecule has 1 atom stereocenters. The van der Waals surface area contributed by atoms with Crippen LogP contribution in [0.2, 0.25) is 0 Å². The second-order valence-corrected chi connectivity index (χ2v) is 7.84. The number of benzene rings is 2. The van der Waals surface area contributed by atoms with Crippen molar-refractivity contribution in [1.29, 1.82) is 0 Å². The zero-order chi connectivity index (χ0) is 20.9. The summed E-state index contributed by atoms with van der Waals surface area (Å²) in [5.74, 6) is -0.416. The lowest BCUT2D eigenvalue weighted by molar-refractivity contribution is -0.124. The van der Waals surface area contributed by atoms with Gasteiger partial charge < -0.3 is 20.3 Å². The first kappa shape index (κ1) is 20.3. The molecule has 0 spiro atoms. The number of hydrogen-bond donors (Lipinski definition) is 2. The van der Waals surface area contributed by atoms with E-state index in [2.05, 4.69) is 10.6 Å². The number of ether oxygens (including phenoxy) is 1. The molecule has 1 saturated heterocycles. The SMILES string of the molecule is O=C(Nc1cccc(CNC(=O)N(Cc2ccc(F)cc2)C2CC2)c1)C1CCCO1. The Labute approximate surface area is 175 Å². The number of carbonyl (C=O) groups excluding carboxylic acids is 2. The fourth-order valence-corrected chi connectivity index (χ4v) is 3.58. The van der Waals surface area contributed by atoms with Crippen LogP contribution in [-0.2, 0) is 22.6 Å². The topological polar surface area (TPSA) is 70.7 Å². The Kier molecular flexibility index (Phi) is 6.28. The van der Waals surface area contributed by atoms with Crippen molar-refractivity contribution in [3.8, 4) is 0 Å². The standard InChI is InChI=1S/C23H26FN3O3/c24-18-8-6-16(7-9-18)15-27(20-10-11-20)23(29)25-14-17-3-1-4-19(13-17)26-22(28)21-5-2-12-30-21/h1,3-4,6-9,13,20-21H,2,5,10-12,14-15H2,(H,25,29)(H,26,28). The van der Waals surface area contributed by atoms with Crippen molar-refractivity contribution in [1.82, 2.24) is 10.2 Å². The summed E-state index contributed by atoms with van der Waals surface area (Å²) in [6.07, 6.45) is 3.23. The normalized spacial score (nSPS) is 18.1. The van der Waals surface area contributed by atoms with Crippen molar-refractivity contribution in [2.75, 3.05) is 11.9 Å². The number of nitrogens with one attached hydrogen (secondary N) is 2. The third-order valence-corrected chi connectivity index (χ3v) is 5.38. The highest BCUT2D eigenvalue weighted by atomic mass is 19.1. The highest BCUT2D eigenvalue weighted by molar-refractivity contribution is 5.94. The maximum atomic E-state index is 13.1. The maximum Gasteiger partial charge on any atom is 0.318 e. The maximum absolute atomic E-state index is 13.1. The summed E-state index contributed by atoms with van der Waals surface area (Å²) < 4.78 is 18.5. The van der Waals surface area contributed by atoms with Gasteiger partial charge in [-0.05, 0) is 61.1 Å². The van der Waals surface area contributed by atoms with Crippen LogP contribution in [0.25, 0.3) is 0 Å². The van der Waals surface area contributed by atoms with Crippen LogP contribution in [-0.4, -0.2) is 35.6 Å². The Hall–Kier alpha value is -2.93. The van der Waals surface area contributed by atoms with E-state index in [9.17, 15) is 14.0 Å². The quantitative estimate of drug-likeness (QED) is 0.728. The number of hydrogen-bond acceptors (Lipinski definition) is 3. The number of anilines is 1. The van der Waals surface area contributed by atoms with E-state index in [1.165, 1.54) is 12.1 Å². The Balaban J connectivity index is 1.33. The second-order valence-electron chi connectivity index (χ2n) is 7.84. The lowest BCUT2D eigenvalue weighted by atomic mass is 10.2. The first-order valence-corrected chi connectivity index (χ1v) is 10.4. The lowest BCUT2D eigenvalue weighted by Gasteiger charge is -2.23. The van der Waals surface area contributed by atoms with Crippen LogP contribution in [0.1, 0.15) is 36.8 Å². The van der Waals surface area contributed by atoms with E-state index in [-0.39, 0.29) is 29.9 Å². The molecule has 1 heterocycles. The lowest BCUT2D eigenvalue weighted by Crippen LogP contribution is -2.40. The first-order valence-electron chi connectivity index (χ1n) is 10.4. The van der Waals surface area contributed by atoms with Gasteiger partial charge in [-0.1, -0.05) is 24.3 Å². The van der Waals surface area contributed by atoms with E-state index >= 15 is 0 Å². The van der Waals surface area contributed by atoms with E-state index in [0.29, 0.717) is 25.4 Å². The number of halogens is 1. The van der Waals surface area contributed by atoms with Gasteiger partial charge in [-0.25, -0.2) is 9.18 Å². The van der Waals surface area contributed by atoms with Crippen LogP contribution < -0.4 is 10.6 Å². The summed E-state index contributed by atoms with van der Waals surface area (Å²) in [5, 5.41) is 5.85. The molecule has 6 nitrogen and oxygen atoms in total. The van der Waals surface area contributed by atoms with Crippen LogP contribution in [0.15, 0.2) is 48.5 Å². The second kappa shape index (κ2) is 9.26. The van der Waals surface area contributed by atoms with Crippen LogP contribution in [0.3, 0.4) is 0 Å². The van der Waals surface area contributed by atoms with Crippen molar-refractivity contribution in [2.45, 2.75) is 50.9 Å². The number of urea groups is 1. The molecular weight excluding hydrogens is 385 g/mol. The van der Waals surface area contributed by atoms with E-state index in [1.54, 1.807) is 17.0 Å². The molecule has 2 aromatic carbocycles. The van der Waals surface area contributed by atoms with Gasteiger partial charge in [0.25, 0.3) is 5.91 Å². The average Bonchev–Trinajstić information content (AvgIpc) is 3.43. The Bertz CT molecular complexity index is 893. The molecule has 2 N–H and O–H groups in total. The van der Waals surface area contributed by atoms with Gasteiger partial charge in [0.15, 0.2) is 0 Å². The molecule has 7 heteroatoms.